The lowest BCUT2D eigenvalue weighted by Crippen LogP contribution is -2.29. The number of methoxy groups -OCH3 is 1. The molecule has 0 atom stereocenters. The number of nitrogens with two attached hydrogens (primary N) is 1. The van der Waals surface area contributed by atoms with E-state index in [9.17, 15) is 9.59 Å². The first kappa shape index (κ1) is 15.1. The van der Waals surface area contributed by atoms with Gasteiger partial charge in [-0.15, -0.1) is 0 Å². The number of rotatable bonds is 4. The number of amides is 1. The monoisotopic (exact) mass is 285 g/mol. The Bertz CT molecular complexity index is 503. The van der Waals surface area contributed by atoms with Gasteiger partial charge in [-0.25, -0.2) is 4.79 Å². The predicted octanol–water partition coefficient (Wildman–Crippen LogP) is 1.21. The normalized spacial score (nSPS) is 9.89. The molecule has 0 saturated carbocycles. The Kier molecular flexibility index (Phi) is 5.00. The van der Waals surface area contributed by atoms with Crippen molar-refractivity contribution in [1.82, 2.24) is 4.90 Å². The summed E-state index contributed by atoms with van der Waals surface area (Å²) in [7, 11) is 4.53. The van der Waals surface area contributed by atoms with Gasteiger partial charge in [-0.3, -0.25) is 4.79 Å². The Morgan fingerprint density at radius 1 is 1.42 bits per heavy atom. The van der Waals surface area contributed by atoms with Gasteiger partial charge in [-0.2, -0.15) is 0 Å². The number of carbonyl (C=O) groups excluding carboxylic acids is 2. The molecule has 0 saturated heterocycles. The number of nitrogen functional groups attached to an aromatic ring is 1. The zero-order valence-electron chi connectivity index (χ0n) is 11.0. The Balaban J connectivity index is 3.05. The summed E-state index contributed by atoms with van der Waals surface area (Å²) >= 11 is 6.02. The summed E-state index contributed by atoms with van der Waals surface area (Å²) in [5, 5.41) is 3.08. The zero-order valence-corrected chi connectivity index (χ0v) is 11.7. The van der Waals surface area contributed by atoms with Crippen LogP contribution in [-0.4, -0.2) is 44.5 Å². The molecule has 0 spiro atoms. The molecular weight excluding hydrogens is 270 g/mol. The highest BCUT2D eigenvalue weighted by Gasteiger charge is 2.17. The number of carbonyl (C=O) groups is 2. The number of nitrogens with one attached hydrogen (secondary N) is 1. The number of hydrogen-bond donors (Lipinski definition) is 2. The van der Waals surface area contributed by atoms with Crippen molar-refractivity contribution in [2.24, 2.45) is 0 Å². The fourth-order valence-corrected chi connectivity index (χ4v) is 1.69. The van der Waals surface area contributed by atoms with E-state index in [1.807, 2.05) is 0 Å². The highest BCUT2D eigenvalue weighted by Crippen LogP contribution is 2.29. The number of likely N-dealkylation sites (N-methyl/N-ethyl adjacent to an activating group) is 1. The standard InChI is InChI=1S/C12H16ClN3O3/c1-16(2)10(17)6-15-11-8(12(18)19-3)4-7(14)5-9(11)13/h4-5,15H,6,14H2,1-3H3. The van der Waals surface area contributed by atoms with Gasteiger partial charge in [0.2, 0.25) is 5.91 Å². The lowest BCUT2D eigenvalue weighted by Gasteiger charge is -2.15. The molecule has 1 aromatic rings. The van der Waals surface area contributed by atoms with Gasteiger partial charge in [-0.1, -0.05) is 11.6 Å². The molecule has 1 rings (SSSR count). The summed E-state index contributed by atoms with van der Waals surface area (Å²) in [6.45, 7) is 0.0145. The molecule has 0 heterocycles. The molecule has 3 N–H and O–H groups in total. The largest absolute Gasteiger partial charge is 0.465 e. The van der Waals surface area contributed by atoms with E-state index in [4.69, 9.17) is 17.3 Å². The second kappa shape index (κ2) is 6.29. The Morgan fingerprint density at radius 3 is 2.58 bits per heavy atom. The first-order valence-corrected chi connectivity index (χ1v) is 5.86. The van der Waals surface area contributed by atoms with Crippen molar-refractivity contribution in [3.63, 3.8) is 0 Å². The van der Waals surface area contributed by atoms with Crippen LogP contribution in [0.1, 0.15) is 10.4 Å². The van der Waals surface area contributed by atoms with E-state index >= 15 is 0 Å². The second-order valence-corrected chi connectivity index (χ2v) is 4.47. The maximum atomic E-state index is 11.6. The molecule has 0 aliphatic rings. The van der Waals surface area contributed by atoms with Gasteiger partial charge in [0, 0.05) is 19.8 Å². The molecule has 0 aromatic heterocycles. The molecule has 0 aliphatic carbocycles. The maximum absolute atomic E-state index is 11.6. The van der Waals surface area contributed by atoms with Gasteiger partial charge in [0.05, 0.1) is 29.9 Å². The zero-order chi connectivity index (χ0) is 14.6. The van der Waals surface area contributed by atoms with E-state index < -0.39 is 5.97 Å². The average Bonchev–Trinajstić information content (AvgIpc) is 2.35. The van der Waals surface area contributed by atoms with Crippen LogP contribution in [0.25, 0.3) is 0 Å². The number of hydrogen-bond acceptors (Lipinski definition) is 5. The third-order valence-electron chi connectivity index (χ3n) is 2.43. The van der Waals surface area contributed by atoms with Crippen LogP contribution >= 0.6 is 11.6 Å². The van der Waals surface area contributed by atoms with E-state index in [1.165, 1.54) is 24.1 Å². The maximum Gasteiger partial charge on any atom is 0.340 e. The first-order chi connectivity index (χ1) is 8.86. The Morgan fingerprint density at radius 2 is 2.05 bits per heavy atom. The van der Waals surface area contributed by atoms with Gasteiger partial charge < -0.3 is 20.7 Å². The minimum Gasteiger partial charge on any atom is -0.465 e. The predicted molar refractivity (Wildman–Crippen MR) is 74.4 cm³/mol. The van der Waals surface area contributed by atoms with Crippen LogP contribution in [0.4, 0.5) is 11.4 Å². The van der Waals surface area contributed by atoms with Crippen molar-refractivity contribution in [3.05, 3.63) is 22.7 Å². The SMILES string of the molecule is COC(=O)c1cc(N)cc(Cl)c1NCC(=O)N(C)C. The summed E-state index contributed by atoms with van der Waals surface area (Å²) in [6, 6.07) is 2.94. The summed E-state index contributed by atoms with van der Waals surface area (Å²) in [6.07, 6.45) is 0. The Labute approximate surface area is 116 Å². The van der Waals surface area contributed by atoms with Crippen LogP contribution in [0.3, 0.4) is 0 Å². The van der Waals surface area contributed by atoms with Gasteiger partial charge in [-0.05, 0) is 12.1 Å². The minimum atomic E-state index is -0.575. The lowest BCUT2D eigenvalue weighted by atomic mass is 10.1. The van der Waals surface area contributed by atoms with Crippen LogP contribution in [0.15, 0.2) is 12.1 Å². The van der Waals surface area contributed by atoms with E-state index in [1.54, 1.807) is 14.1 Å². The van der Waals surface area contributed by atoms with Crippen molar-refractivity contribution in [2.75, 3.05) is 38.8 Å². The van der Waals surface area contributed by atoms with Crippen LogP contribution in [0.5, 0.6) is 0 Å². The number of anilines is 2. The number of benzene rings is 1. The highest BCUT2D eigenvalue weighted by atomic mass is 35.5. The molecule has 104 valence electrons. The summed E-state index contributed by atoms with van der Waals surface area (Å²) in [5.41, 5.74) is 6.50. The Hall–Kier alpha value is -1.95. The van der Waals surface area contributed by atoms with Crippen molar-refractivity contribution in [3.8, 4) is 0 Å². The molecule has 0 unspecified atom stereocenters. The topological polar surface area (TPSA) is 84.7 Å². The third-order valence-corrected chi connectivity index (χ3v) is 2.73. The van der Waals surface area contributed by atoms with Crippen molar-refractivity contribution < 1.29 is 14.3 Å². The molecule has 0 radical (unpaired) electrons. The summed E-state index contributed by atoms with van der Waals surface area (Å²) < 4.78 is 4.65. The number of nitrogens with zero attached hydrogens (tertiary/aromatic N) is 1. The van der Waals surface area contributed by atoms with Crippen molar-refractivity contribution >= 4 is 34.9 Å². The van der Waals surface area contributed by atoms with Gasteiger partial charge in [0.25, 0.3) is 0 Å². The highest BCUT2D eigenvalue weighted by molar-refractivity contribution is 6.34. The molecule has 6 nitrogen and oxygen atoms in total. The third kappa shape index (κ3) is 3.75. The molecule has 0 aliphatic heterocycles. The average molecular weight is 286 g/mol. The second-order valence-electron chi connectivity index (χ2n) is 4.06. The fourth-order valence-electron chi connectivity index (χ4n) is 1.40. The van der Waals surface area contributed by atoms with Crippen molar-refractivity contribution in [2.45, 2.75) is 0 Å². The minimum absolute atomic E-state index is 0.0145. The lowest BCUT2D eigenvalue weighted by molar-refractivity contribution is -0.126. The first-order valence-electron chi connectivity index (χ1n) is 5.48. The molecule has 0 fully saturated rings. The fraction of sp³-hybridized carbons (Fsp3) is 0.333. The van der Waals surface area contributed by atoms with E-state index in [-0.39, 0.29) is 23.0 Å². The molecule has 1 amide bonds. The van der Waals surface area contributed by atoms with E-state index in [2.05, 4.69) is 10.1 Å². The van der Waals surface area contributed by atoms with Crippen molar-refractivity contribution in [1.29, 1.82) is 0 Å². The van der Waals surface area contributed by atoms with Gasteiger partial charge >= 0.3 is 5.97 Å². The molecule has 1 aromatic carbocycles. The van der Waals surface area contributed by atoms with Gasteiger partial charge in [0.1, 0.15) is 0 Å². The van der Waals surface area contributed by atoms with E-state index in [0.717, 1.165) is 0 Å². The van der Waals surface area contributed by atoms with Crippen LogP contribution in [-0.2, 0) is 9.53 Å². The molecular formula is C12H16ClN3O3. The van der Waals surface area contributed by atoms with Crippen LogP contribution < -0.4 is 11.1 Å². The molecule has 7 heteroatoms. The molecule has 19 heavy (non-hydrogen) atoms. The van der Waals surface area contributed by atoms with Crippen LogP contribution in [0.2, 0.25) is 5.02 Å². The smallest absolute Gasteiger partial charge is 0.340 e. The van der Waals surface area contributed by atoms with Crippen LogP contribution in [0, 0.1) is 0 Å². The van der Waals surface area contributed by atoms with E-state index in [0.29, 0.717) is 11.4 Å². The number of esters is 1. The quantitative estimate of drug-likeness (QED) is 0.642. The summed E-state index contributed by atoms with van der Waals surface area (Å²) in [5.74, 6) is -0.724. The molecule has 0 bridgehead atoms. The summed E-state index contributed by atoms with van der Waals surface area (Å²) in [4.78, 5) is 24.6. The number of ether oxygens (including phenoxy) is 1. The van der Waals surface area contributed by atoms with Gasteiger partial charge in [0.15, 0.2) is 0 Å². The number of halogens is 1.